The van der Waals surface area contributed by atoms with Crippen LogP contribution in [-0.2, 0) is 0 Å². The number of carbonyl (C=O) groups is 1. The summed E-state index contributed by atoms with van der Waals surface area (Å²) in [6.07, 6.45) is 0. The molecule has 2 N–H and O–H groups in total. The molecule has 0 aliphatic heterocycles. The summed E-state index contributed by atoms with van der Waals surface area (Å²) in [7, 11) is 0. The Balaban J connectivity index is 1.86. The second-order valence-electron chi connectivity index (χ2n) is 3.75. The molecule has 0 fully saturated rings. The van der Waals surface area contributed by atoms with Crippen LogP contribution >= 0.6 is 11.3 Å². The summed E-state index contributed by atoms with van der Waals surface area (Å²) >= 11 is 1.38. The summed E-state index contributed by atoms with van der Waals surface area (Å²) < 4.78 is 0.993. The van der Waals surface area contributed by atoms with Crippen LogP contribution in [0.4, 0.5) is 5.13 Å². The zero-order valence-electron chi connectivity index (χ0n) is 9.58. The number of benzene rings is 1. The standard InChI is InChI=1S/C12H8N4O2S/c17-10-6-5-8(15-16-10)11(18)14-12-13-7-3-1-2-4-9(7)19-12/h1-6H,(H,16,17)(H,13,14,18). The lowest BCUT2D eigenvalue weighted by Crippen LogP contribution is -2.17. The van der Waals surface area contributed by atoms with Gasteiger partial charge in [0.05, 0.1) is 10.2 Å². The lowest BCUT2D eigenvalue weighted by Gasteiger charge is -1.98. The van der Waals surface area contributed by atoms with E-state index in [1.807, 2.05) is 24.3 Å². The van der Waals surface area contributed by atoms with Crippen LogP contribution in [0, 0.1) is 0 Å². The maximum Gasteiger partial charge on any atom is 0.277 e. The Morgan fingerprint density at radius 1 is 1.21 bits per heavy atom. The molecule has 3 rings (SSSR count). The highest BCUT2D eigenvalue weighted by molar-refractivity contribution is 7.22. The van der Waals surface area contributed by atoms with Gasteiger partial charge in [-0.2, -0.15) is 5.10 Å². The Hall–Kier alpha value is -2.54. The highest BCUT2D eigenvalue weighted by atomic mass is 32.1. The Bertz CT molecular complexity index is 755. The molecule has 0 unspecified atom stereocenters. The third kappa shape index (κ3) is 2.36. The summed E-state index contributed by atoms with van der Waals surface area (Å²) in [6, 6.07) is 10.2. The molecular weight excluding hydrogens is 264 g/mol. The lowest BCUT2D eigenvalue weighted by atomic mass is 10.3. The van der Waals surface area contributed by atoms with Crippen LogP contribution < -0.4 is 10.9 Å². The summed E-state index contributed by atoms with van der Waals surface area (Å²) in [5.74, 6) is -0.407. The van der Waals surface area contributed by atoms with E-state index < -0.39 is 5.91 Å². The summed E-state index contributed by atoms with van der Waals surface area (Å²) in [4.78, 5) is 27.0. The summed E-state index contributed by atoms with van der Waals surface area (Å²) in [6.45, 7) is 0. The minimum Gasteiger partial charge on any atom is -0.296 e. The summed E-state index contributed by atoms with van der Waals surface area (Å²) in [5, 5.41) is 9.02. The highest BCUT2D eigenvalue weighted by Gasteiger charge is 2.10. The number of aromatic amines is 1. The molecule has 0 aliphatic carbocycles. The SMILES string of the molecule is O=C(Nc1nc2ccccc2s1)c1ccc(=O)[nH]n1. The Labute approximate surface area is 111 Å². The predicted molar refractivity (Wildman–Crippen MR) is 72.4 cm³/mol. The largest absolute Gasteiger partial charge is 0.296 e. The van der Waals surface area contributed by atoms with Gasteiger partial charge in [0, 0.05) is 6.07 Å². The number of fused-ring (bicyclic) bond motifs is 1. The molecule has 3 aromatic rings. The monoisotopic (exact) mass is 272 g/mol. The number of anilines is 1. The first kappa shape index (κ1) is 11.5. The molecule has 6 nitrogen and oxygen atoms in total. The van der Waals surface area contributed by atoms with E-state index in [0.717, 1.165) is 10.2 Å². The van der Waals surface area contributed by atoms with Crippen LogP contribution in [-0.4, -0.2) is 21.1 Å². The number of para-hydroxylation sites is 1. The number of nitrogens with one attached hydrogen (secondary N) is 2. The quantitative estimate of drug-likeness (QED) is 0.742. The molecule has 0 atom stereocenters. The van der Waals surface area contributed by atoms with Gasteiger partial charge in [0.25, 0.3) is 11.5 Å². The van der Waals surface area contributed by atoms with Crippen LogP contribution in [0.2, 0.25) is 0 Å². The smallest absolute Gasteiger partial charge is 0.277 e. The van der Waals surface area contributed by atoms with Gasteiger partial charge in [-0.3, -0.25) is 14.9 Å². The lowest BCUT2D eigenvalue weighted by molar-refractivity contribution is 0.102. The van der Waals surface area contributed by atoms with Crippen molar-refractivity contribution < 1.29 is 4.79 Å². The van der Waals surface area contributed by atoms with Crippen LogP contribution in [0.3, 0.4) is 0 Å². The van der Waals surface area contributed by atoms with E-state index in [0.29, 0.717) is 5.13 Å². The number of H-pyrrole nitrogens is 1. The molecule has 2 aromatic heterocycles. The van der Waals surface area contributed by atoms with Gasteiger partial charge in [0.15, 0.2) is 5.13 Å². The number of hydrogen-bond donors (Lipinski definition) is 2. The van der Waals surface area contributed by atoms with Crippen LogP contribution in [0.1, 0.15) is 10.5 Å². The molecule has 0 bridgehead atoms. The topological polar surface area (TPSA) is 87.7 Å². The van der Waals surface area contributed by atoms with E-state index in [2.05, 4.69) is 20.5 Å². The number of aromatic nitrogens is 3. The third-order valence-electron chi connectivity index (χ3n) is 2.43. The molecule has 1 aromatic carbocycles. The average Bonchev–Trinajstić information content (AvgIpc) is 2.81. The van der Waals surface area contributed by atoms with Gasteiger partial charge < -0.3 is 0 Å². The molecule has 7 heteroatoms. The van der Waals surface area contributed by atoms with Crippen molar-refractivity contribution in [2.24, 2.45) is 0 Å². The van der Waals surface area contributed by atoms with Gasteiger partial charge in [0.1, 0.15) is 5.69 Å². The van der Waals surface area contributed by atoms with Crippen molar-refractivity contribution >= 4 is 32.6 Å². The van der Waals surface area contributed by atoms with Crippen molar-refractivity contribution in [1.29, 1.82) is 0 Å². The number of nitrogens with zero attached hydrogens (tertiary/aromatic N) is 2. The van der Waals surface area contributed by atoms with E-state index in [1.165, 1.54) is 23.5 Å². The third-order valence-corrected chi connectivity index (χ3v) is 3.38. The summed E-state index contributed by atoms with van der Waals surface area (Å²) in [5.41, 5.74) is 0.618. The average molecular weight is 272 g/mol. The maximum atomic E-state index is 11.9. The Morgan fingerprint density at radius 3 is 2.79 bits per heavy atom. The predicted octanol–water partition coefficient (Wildman–Crippen LogP) is 1.63. The van der Waals surface area contributed by atoms with Gasteiger partial charge >= 0.3 is 0 Å². The number of thiazole rings is 1. The van der Waals surface area contributed by atoms with Crippen LogP contribution in [0.25, 0.3) is 10.2 Å². The minimum absolute atomic E-state index is 0.138. The molecule has 2 heterocycles. The fourth-order valence-corrected chi connectivity index (χ4v) is 2.42. The van der Waals surface area contributed by atoms with Crippen molar-refractivity contribution in [2.45, 2.75) is 0 Å². The molecule has 94 valence electrons. The maximum absolute atomic E-state index is 11.9. The molecule has 1 amide bonds. The van der Waals surface area contributed by atoms with Crippen molar-refractivity contribution in [2.75, 3.05) is 5.32 Å². The molecule has 0 aliphatic rings. The molecule has 0 radical (unpaired) electrons. The Morgan fingerprint density at radius 2 is 2.05 bits per heavy atom. The first-order valence-corrected chi connectivity index (χ1v) is 6.27. The highest BCUT2D eigenvalue weighted by Crippen LogP contribution is 2.25. The Kier molecular flexibility index (Phi) is 2.81. The zero-order chi connectivity index (χ0) is 13.2. The zero-order valence-corrected chi connectivity index (χ0v) is 10.4. The van der Waals surface area contributed by atoms with E-state index in [4.69, 9.17) is 0 Å². The van der Waals surface area contributed by atoms with Crippen LogP contribution in [0.15, 0.2) is 41.2 Å². The van der Waals surface area contributed by atoms with Crippen molar-refractivity contribution in [3.8, 4) is 0 Å². The number of amides is 1. The number of rotatable bonds is 2. The van der Waals surface area contributed by atoms with Crippen molar-refractivity contribution in [1.82, 2.24) is 15.2 Å². The molecule has 0 saturated heterocycles. The first-order valence-electron chi connectivity index (χ1n) is 5.45. The van der Waals surface area contributed by atoms with Crippen LogP contribution in [0.5, 0.6) is 0 Å². The van der Waals surface area contributed by atoms with Gasteiger partial charge in [-0.1, -0.05) is 23.5 Å². The minimum atomic E-state index is -0.407. The van der Waals surface area contributed by atoms with Crippen molar-refractivity contribution in [3.63, 3.8) is 0 Å². The van der Waals surface area contributed by atoms with E-state index >= 15 is 0 Å². The second kappa shape index (κ2) is 4.62. The van der Waals surface area contributed by atoms with Gasteiger partial charge in [-0.05, 0) is 18.2 Å². The normalized spacial score (nSPS) is 10.5. The van der Waals surface area contributed by atoms with Crippen molar-refractivity contribution in [3.05, 3.63) is 52.4 Å². The van der Waals surface area contributed by atoms with Gasteiger partial charge in [-0.15, -0.1) is 0 Å². The molecule has 19 heavy (non-hydrogen) atoms. The first-order chi connectivity index (χ1) is 9.22. The second-order valence-corrected chi connectivity index (χ2v) is 4.78. The fraction of sp³-hybridized carbons (Fsp3) is 0. The van der Waals surface area contributed by atoms with Gasteiger partial charge in [0.2, 0.25) is 0 Å². The molecule has 0 spiro atoms. The van der Waals surface area contributed by atoms with E-state index in [9.17, 15) is 9.59 Å². The van der Waals surface area contributed by atoms with E-state index in [1.54, 1.807) is 0 Å². The number of hydrogen-bond acceptors (Lipinski definition) is 5. The molecular formula is C12H8N4O2S. The number of carbonyl (C=O) groups excluding carboxylic acids is 1. The molecule has 0 saturated carbocycles. The van der Waals surface area contributed by atoms with E-state index in [-0.39, 0.29) is 11.3 Å². The fourth-order valence-electron chi connectivity index (χ4n) is 1.56. The van der Waals surface area contributed by atoms with Gasteiger partial charge in [-0.25, -0.2) is 10.1 Å².